The van der Waals surface area contributed by atoms with E-state index < -0.39 is 11.8 Å². The smallest absolute Gasteiger partial charge is 0.262 e. The van der Waals surface area contributed by atoms with Crippen LogP contribution in [-0.2, 0) is 4.79 Å². The second kappa shape index (κ2) is 6.41. The van der Waals surface area contributed by atoms with Crippen LogP contribution in [0.15, 0.2) is 22.7 Å². The third-order valence-electron chi connectivity index (χ3n) is 4.41. The number of rotatable bonds is 3. The van der Waals surface area contributed by atoms with Crippen molar-refractivity contribution in [1.82, 2.24) is 15.5 Å². The lowest BCUT2D eigenvalue weighted by Gasteiger charge is -2.30. The molecule has 1 aromatic carbocycles. The second-order valence-corrected chi connectivity index (χ2v) is 6.95. The Morgan fingerprint density at radius 3 is 2.83 bits per heavy atom. The first kappa shape index (κ1) is 16.1. The van der Waals surface area contributed by atoms with E-state index in [2.05, 4.69) is 33.5 Å². The van der Waals surface area contributed by atoms with Crippen molar-refractivity contribution < 1.29 is 14.4 Å². The van der Waals surface area contributed by atoms with Crippen LogP contribution in [0.25, 0.3) is 0 Å². The number of imide groups is 1. The quantitative estimate of drug-likeness (QED) is 0.772. The Hall–Kier alpha value is -1.73. The van der Waals surface area contributed by atoms with Crippen LogP contribution in [0.3, 0.4) is 0 Å². The average molecular weight is 380 g/mol. The maximum Gasteiger partial charge on any atom is 0.262 e. The van der Waals surface area contributed by atoms with Crippen LogP contribution >= 0.6 is 15.9 Å². The summed E-state index contributed by atoms with van der Waals surface area (Å²) in [5.41, 5.74) is 0.684. The van der Waals surface area contributed by atoms with Crippen LogP contribution in [0.5, 0.6) is 0 Å². The number of hydrogen-bond donors (Lipinski definition) is 2. The van der Waals surface area contributed by atoms with Gasteiger partial charge in [0.1, 0.15) is 6.54 Å². The number of carbonyl (C=O) groups is 3. The van der Waals surface area contributed by atoms with Gasteiger partial charge in [-0.05, 0) is 37.1 Å². The van der Waals surface area contributed by atoms with Crippen LogP contribution in [0.4, 0.5) is 0 Å². The predicted molar refractivity (Wildman–Crippen MR) is 88.1 cm³/mol. The number of nitrogens with one attached hydrogen (secondary N) is 2. The zero-order valence-corrected chi connectivity index (χ0v) is 14.4. The minimum absolute atomic E-state index is 0.0283. The highest BCUT2D eigenvalue weighted by molar-refractivity contribution is 9.10. The molecule has 2 aliphatic rings. The Morgan fingerprint density at radius 2 is 2.09 bits per heavy atom. The molecule has 0 radical (unpaired) electrons. The van der Waals surface area contributed by atoms with Gasteiger partial charge in [-0.1, -0.05) is 22.9 Å². The minimum atomic E-state index is -0.420. The Bertz CT molecular complexity index is 677. The van der Waals surface area contributed by atoms with Gasteiger partial charge in [-0.3, -0.25) is 19.3 Å². The molecule has 0 aromatic heterocycles. The highest BCUT2D eigenvalue weighted by atomic mass is 79.9. The molecule has 23 heavy (non-hydrogen) atoms. The second-order valence-electron chi connectivity index (χ2n) is 6.03. The molecule has 2 atom stereocenters. The molecule has 2 unspecified atom stereocenters. The summed E-state index contributed by atoms with van der Waals surface area (Å²) >= 11 is 3.29. The molecule has 0 aliphatic carbocycles. The molecule has 122 valence electrons. The zero-order chi connectivity index (χ0) is 16.6. The monoisotopic (exact) mass is 379 g/mol. The molecule has 1 saturated heterocycles. The van der Waals surface area contributed by atoms with Crippen LogP contribution in [0.2, 0.25) is 0 Å². The number of carbonyl (C=O) groups excluding carboxylic acids is 3. The average Bonchev–Trinajstić information content (AvgIpc) is 2.74. The van der Waals surface area contributed by atoms with E-state index in [0.717, 1.165) is 22.3 Å². The molecular formula is C16H18BrN3O3. The first-order valence-electron chi connectivity index (χ1n) is 7.63. The third kappa shape index (κ3) is 3.16. The van der Waals surface area contributed by atoms with Gasteiger partial charge in [0.25, 0.3) is 11.8 Å². The van der Waals surface area contributed by atoms with E-state index in [1.165, 1.54) is 0 Å². The Morgan fingerprint density at radius 1 is 1.35 bits per heavy atom. The molecule has 1 aromatic rings. The lowest BCUT2D eigenvalue weighted by molar-refractivity contribution is -0.122. The standard InChI is InChI=1S/C16H18BrN3O3/c1-9-4-5-18-7-13(9)19-14(21)8-20-15(22)11-3-2-10(17)6-12(11)16(20)23/h2-3,6,9,13,18H,4-5,7-8H2,1H3,(H,19,21). The highest BCUT2D eigenvalue weighted by Gasteiger charge is 2.37. The van der Waals surface area contributed by atoms with E-state index in [1.54, 1.807) is 18.2 Å². The first-order valence-corrected chi connectivity index (χ1v) is 8.42. The van der Waals surface area contributed by atoms with Gasteiger partial charge < -0.3 is 10.6 Å². The molecular weight excluding hydrogens is 362 g/mol. The largest absolute Gasteiger partial charge is 0.350 e. The van der Waals surface area contributed by atoms with E-state index in [1.807, 2.05) is 0 Å². The van der Waals surface area contributed by atoms with Gasteiger partial charge in [-0.15, -0.1) is 0 Å². The van der Waals surface area contributed by atoms with Gasteiger partial charge >= 0.3 is 0 Å². The molecule has 2 heterocycles. The van der Waals surface area contributed by atoms with Crippen molar-refractivity contribution in [3.05, 3.63) is 33.8 Å². The Balaban J connectivity index is 1.68. The molecule has 1 fully saturated rings. The van der Waals surface area contributed by atoms with E-state index in [0.29, 0.717) is 23.6 Å². The maximum absolute atomic E-state index is 12.3. The van der Waals surface area contributed by atoms with Crippen molar-refractivity contribution in [1.29, 1.82) is 0 Å². The summed E-state index contributed by atoms with van der Waals surface area (Å²) in [5, 5.41) is 6.15. The normalized spacial score (nSPS) is 23.8. The fourth-order valence-electron chi connectivity index (χ4n) is 2.99. The molecule has 7 heteroatoms. The molecule has 2 aliphatic heterocycles. The van der Waals surface area contributed by atoms with Crippen molar-refractivity contribution in [3.8, 4) is 0 Å². The fourth-order valence-corrected chi connectivity index (χ4v) is 3.35. The van der Waals surface area contributed by atoms with Crippen LogP contribution in [0, 0.1) is 5.92 Å². The van der Waals surface area contributed by atoms with Gasteiger partial charge in [0.15, 0.2) is 0 Å². The van der Waals surface area contributed by atoms with Gasteiger partial charge in [-0.25, -0.2) is 0 Å². The van der Waals surface area contributed by atoms with E-state index in [4.69, 9.17) is 0 Å². The third-order valence-corrected chi connectivity index (χ3v) is 4.90. The summed E-state index contributed by atoms with van der Waals surface area (Å²) in [4.78, 5) is 37.9. The topological polar surface area (TPSA) is 78.5 Å². The van der Waals surface area contributed by atoms with Gasteiger partial charge in [0.2, 0.25) is 5.91 Å². The molecule has 6 nitrogen and oxygen atoms in total. The number of hydrogen-bond acceptors (Lipinski definition) is 4. The van der Waals surface area contributed by atoms with E-state index in [-0.39, 0.29) is 18.5 Å². The summed E-state index contributed by atoms with van der Waals surface area (Å²) in [6.45, 7) is 3.50. The molecule has 3 rings (SSSR count). The zero-order valence-electron chi connectivity index (χ0n) is 12.8. The van der Waals surface area contributed by atoms with Crippen LogP contribution in [0.1, 0.15) is 34.1 Å². The lowest BCUT2D eigenvalue weighted by Crippen LogP contribution is -2.52. The summed E-state index contributed by atoms with van der Waals surface area (Å²) in [6, 6.07) is 4.95. The van der Waals surface area contributed by atoms with Gasteiger partial charge in [0.05, 0.1) is 11.1 Å². The number of piperidine rings is 1. The van der Waals surface area contributed by atoms with Crippen molar-refractivity contribution in [2.75, 3.05) is 19.6 Å². The lowest BCUT2D eigenvalue weighted by atomic mass is 9.95. The van der Waals surface area contributed by atoms with E-state index >= 15 is 0 Å². The maximum atomic E-state index is 12.3. The highest BCUT2D eigenvalue weighted by Crippen LogP contribution is 2.25. The first-order chi connectivity index (χ1) is 11.0. The molecule has 3 amide bonds. The number of amides is 3. The summed E-state index contributed by atoms with van der Waals surface area (Å²) < 4.78 is 0.728. The van der Waals surface area contributed by atoms with E-state index in [9.17, 15) is 14.4 Å². The van der Waals surface area contributed by atoms with Gasteiger partial charge in [0, 0.05) is 17.1 Å². The molecule has 0 spiro atoms. The predicted octanol–water partition coefficient (Wildman–Crippen LogP) is 1.16. The number of nitrogens with zero attached hydrogens (tertiary/aromatic N) is 1. The summed E-state index contributed by atoms with van der Waals surface area (Å²) in [6.07, 6.45) is 0.992. The SMILES string of the molecule is CC1CCNCC1NC(=O)CN1C(=O)c2ccc(Br)cc2C1=O. The number of fused-ring (bicyclic) bond motifs is 1. The number of benzene rings is 1. The molecule has 0 bridgehead atoms. The summed E-state index contributed by atoms with van der Waals surface area (Å²) in [5.74, 6) is -0.767. The fraction of sp³-hybridized carbons (Fsp3) is 0.438. The van der Waals surface area contributed by atoms with Crippen LogP contribution < -0.4 is 10.6 Å². The molecule has 0 saturated carbocycles. The molecule has 2 N–H and O–H groups in total. The van der Waals surface area contributed by atoms with Crippen molar-refractivity contribution in [3.63, 3.8) is 0 Å². The van der Waals surface area contributed by atoms with Crippen molar-refractivity contribution in [2.24, 2.45) is 5.92 Å². The minimum Gasteiger partial charge on any atom is -0.350 e. The summed E-state index contributed by atoms with van der Waals surface area (Å²) in [7, 11) is 0. The van der Waals surface area contributed by atoms with Crippen molar-refractivity contribution in [2.45, 2.75) is 19.4 Å². The van der Waals surface area contributed by atoms with Crippen LogP contribution in [-0.4, -0.2) is 48.3 Å². The Kier molecular flexibility index (Phi) is 4.50. The number of halogens is 1. The Labute approximate surface area is 142 Å². The van der Waals surface area contributed by atoms with Gasteiger partial charge in [-0.2, -0.15) is 0 Å². The van der Waals surface area contributed by atoms with Crippen molar-refractivity contribution >= 4 is 33.7 Å².